The first-order valence-corrected chi connectivity index (χ1v) is 4.50. The zero-order chi connectivity index (χ0) is 9.64. The van der Waals surface area contributed by atoms with E-state index >= 15 is 0 Å². The summed E-state index contributed by atoms with van der Waals surface area (Å²) in [6, 6.07) is 11.8. The molecule has 3 heteroatoms. The van der Waals surface area contributed by atoms with Crippen LogP contribution in [-0.2, 0) is 6.54 Å². The highest BCUT2D eigenvalue weighted by atomic mass is 15.0. The number of nitrogens with one attached hydrogen (secondary N) is 1. The highest BCUT2D eigenvalue weighted by molar-refractivity contribution is 5.42. The van der Waals surface area contributed by atoms with Crippen molar-refractivity contribution >= 4 is 5.69 Å². The number of para-hydroxylation sites is 1. The topological polar surface area (TPSA) is 37.8 Å². The largest absolute Gasteiger partial charge is 0.378 e. The van der Waals surface area contributed by atoms with Crippen molar-refractivity contribution < 1.29 is 0 Å². The van der Waals surface area contributed by atoms with Gasteiger partial charge in [0, 0.05) is 18.1 Å². The summed E-state index contributed by atoms with van der Waals surface area (Å²) in [6.45, 7) is 0.658. The number of hydrogen-bond donors (Lipinski definition) is 1. The van der Waals surface area contributed by atoms with E-state index in [1.807, 2.05) is 36.4 Å². The summed E-state index contributed by atoms with van der Waals surface area (Å²) < 4.78 is 0. The average Bonchev–Trinajstić information content (AvgIpc) is 2.29. The fourth-order valence-corrected chi connectivity index (χ4v) is 1.16. The summed E-state index contributed by atoms with van der Waals surface area (Å²) in [5.41, 5.74) is 1.08. The molecule has 2 aromatic rings. The highest BCUT2D eigenvalue weighted by Gasteiger charge is 1.93. The van der Waals surface area contributed by atoms with Crippen molar-refractivity contribution in [1.29, 1.82) is 0 Å². The Balaban J connectivity index is 1.96. The minimum Gasteiger partial charge on any atom is -0.378 e. The zero-order valence-electron chi connectivity index (χ0n) is 7.72. The van der Waals surface area contributed by atoms with Gasteiger partial charge in [0.25, 0.3) is 0 Å². The van der Waals surface area contributed by atoms with Gasteiger partial charge in [0.1, 0.15) is 5.82 Å². The van der Waals surface area contributed by atoms with Crippen molar-refractivity contribution in [2.45, 2.75) is 6.54 Å². The standard InChI is InChI=1S/C11H11N3/c1-2-5-10(6-3-1)14-9-11-12-7-4-8-13-11/h1-8,14H,9H2. The van der Waals surface area contributed by atoms with Crippen LogP contribution in [0.15, 0.2) is 48.8 Å². The van der Waals surface area contributed by atoms with Crippen LogP contribution in [0.25, 0.3) is 0 Å². The summed E-state index contributed by atoms with van der Waals surface area (Å²) in [5.74, 6) is 0.802. The number of rotatable bonds is 3. The number of nitrogens with zero attached hydrogens (tertiary/aromatic N) is 2. The maximum atomic E-state index is 4.12. The third-order valence-corrected chi connectivity index (χ3v) is 1.84. The van der Waals surface area contributed by atoms with Crippen molar-refractivity contribution in [1.82, 2.24) is 9.97 Å². The van der Waals surface area contributed by atoms with E-state index in [9.17, 15) is 0 Å². The van der Waals surface area contributed by atoms with Gasteiger partial charge in [-0.3, -0.25) is 0 Å². The van der Waals surface area contributed by atoms with Crippen LogP contribution in [0.4, 0.5) is 5.69 Å². The number of aromatic nitrogens is 2. The number of benzene rings is 1. The number of anilines is 1. The molecule has 0 unspecified atom stereocenters. The van der Waals surface area contributed by atoms with Crippen LogP contribution >= 0.6 is 0 Å². The van der Waals surface area contributed by atoms with E-state index < -0.39 is 0 Å². The maximum Gasteiger partial charge on any atom is 0.147 e. The van der Waals surface area contributed by atoms with Crippen molar-refractivity contribution in [2.75, 3.05) is 5.32 Å². The lowest BCUT2D eigenvalue weighted by Gasteiger charge is -2.03. The van der Waals surface area contributed by atoms with Gasteiger partial charge in [-0.2, -0.15) is 0 Å². The lowest BCUT2D eigenvalue weighted by molar-refractivity contribution is 0.948. The summed E-state index contributed by atoms with van der Waals surface area (Å²) in [6.07, 6.45) is 3.49. The molecular formula is C11H11N3. The molecule has 0 atom stereocenters. The zero-order valence-corrected chi connectivity index (χ0v) is 7.72. The molecule has 1 aromatic heterocycles. The molecule has 1 heterocycles. The molecule has 0 aliphatic heterocycles. The molecule has 0 saturated carbocycles. The average molecular weight is 185 g/mol. The third kappa shape index (κ3) is 2.29. The second-order valence-corrected chi connectivity index (χ2v) is 2.88. The predicted octanol–water partition coefficient (Wildman–Crippen LogP) is 2.09. The summed E-state index contributed by atoms with van der Waals surface area (Å²) in [5, 5.41) is 3.24. The minimum absolute atomic E-state index is 0.658. The molecule has 0 radical (unpaired) electrons. The molecule has 1 aromatic carbocycles. The molecule has 0 amide bonds. The van der Waals surface area contributed by atoms with Crippen molar-refractivity contribution in [3.63, 3.8) is 0 Å². The van der Waals surface area contributed by atoms with Gasteiger partial charge in [-0.1, -0.05) is 18.2 Å². The molecule has 0 fully saturated rings. The van der Waals surface area contributed by atoms with Gasteiger partial charge >= 0.3 is 0 Å². The van der Waals surface area contributed by atoms with Crippen LogP contribution in [0.1, 0.15) is 5.82 Å². The Hall–Kier alpha value is -1.90. The van der Waals surface area contributed by atoms with Crippen LogP contribution in [0.3, 0.4) is 0 Å². The normalized spacial score (nSPS) is 9.71. The molecule has 3 nitrogen and oxygen atoms in total. The minimum atomic E-state index is 0.658. The molecule has 14 heavy (non-hydrogen) atoms. The fraction of sp³-hybridized carbons (Fsp3) is 0.0909. The van der Waals surface area contributed by atoms with Crippen LogP contribution in [0.2, 0.25) is 0 Å². The highest BCUT2D eigenvalue weighted by Crippen LogP contribution is 2.05. The first kappa shape index (κ1) is 8.69. The van der Waals surface area contributed by atoms with Crippen LogP contribution < -0.4 is 5.32 Å². The van der Waals surface area contributed by atoms with Crippen LogP contribution in [0.5, 0.6) is 0 Å². The lowest BCUT2D eigenvalue weighted by atomic mass is 10.3. The quantitative estimate of drug-likeness (QED) is 0.795. The van der Waals surface area contributed by atoms with Crippen LogP contribution in [-0.4, -0.2) is 9.97 Å². The SMILES string of the molecule is c1ccc(NCc2ncccn2)cc1. The molecule has 0 aliphatic carbocycles. The molecule has 0 saturated heterocycles. The van der Waals surface area contributed by atoms with E-state index in [0.717, 1.165) is 11.5 Å². The molecule has 0 bridgehead atoms. The van der Waals surface area contributed by atoms with Gasteiger partial charge in [-0.05, 0) is 18.2 Å². The summed E-state index contributed by atoms with van der Waals surface area (Å²) >= 11 is 0. The predicted molar refractivity (Wildman–Crippen MR) is 55.8 cm³/mol. The van der Waals surface area contributed by atoms with E-state index in [-0.39, 0.29) is 0 Å². The van der Waals surface area contributed by atoms with E-state index in [0.29, 0.717) is 6.54 Å². The van der Waals surface area contributed by atoms with Gasteiger partial charge in [0.05, 0.1) is 6.54 Å². The van der Waals surface area contributed by atoms with E-state index in [2.05, 4.69) is 15.3 Å². The molecule has 70 valence electrons. The molecule has 0 spiro atoms. The van der Waals surface area contributed by atoms with Gasteiger partial charge in [0.15, 0.2) is 0 Å². The Morgan fingerprint density at radius 2 is 1.64 bits per heavy atom. The molecule has 0 aliphatic rings. The van der Waals surface area contributed by atoms with Gasteiger partial charge in [-0.15, -0.1) is 0 Å². The molecule has 1 N–H and O–H groups in total. The fourth-order valence-electron chi connectivity index (χ4n) is 1.16. The van der Waals surface area contributed by atoms with Gasteiger partial charge < -0.3 is 5.32 Å². The number of hydrogen-bond acceptors (Lipinski definition) is 3. The maximum absolute atomic E-state index is 4.12. The van der Waals surface area contributed by atoms with Crippen molar-refractivity contribution in [2.24, 2.45) is 0 Å². The first-order chi connectivity index (χ1) is 6.95. The molecular weight excluding hydrogens is 174 g/mol. The van der Waals surface area contributed by atoms with Gasteiger partial charge in [0.2, 0.25) is 0 Å². The smallest absolute Gasteiger partial charge is 0.147 e. The third-order valence-electron chi connectivity index (χ3n) is 1.84. The Labute approximate surface area is 82.8 Å². The summed E-state index contributed by atoms with van der Waals surface area (Å²) in [4.78, 5) is 8.24. The second-order valence-electron chi connectivity index (χ2n) is 2.88. The lowest BCUT2D eigenvalue weighted by Crippen LogP contribution is -2.02. The van der Waals surface area contributed by atoms with E-state index in [1.54, 1.807) is 12.4 Å². The van der Waals surface area contributed by atoms with Crippen molar-refractivity contribution in [3.05, 3.63) is 54.6 Å². The monoisotopic (exact) mass is 185 g/mol. The van der Waals surface area contributed by atoms with E-state index in [4.69, 9.17) is 0 Å². The summed E-state index contributed by atoms with van der Waals surface area (Å²) in [7, 11) is 0. The van der Waals surface area contributed by atoms with Gasteiger partial charge in [-0.25, -0.2) is 9.97 Å². The Kier molecular flexibility index (Phi) is 2.71. The van der Waals surface area contributed by atoms with Crippen molar-refractivity contribution in [3.8, 4) is 0 Å². The second kappa shape index (κ2) is 4.37. The molecule has 2 rings (SSSR count). The first-order valence-electron chi connectivity index (χ1n) is 4.50. The van der Waals surface area contributed by atoms with Crippen LogP contribution in [0, 0.1) is 0 Å². The Morgan fingerprint density at radius 3 is 2.36 bits per heavy atom. The van der Waals surface area contributed by atoms with E-state index in [1.165, 1.54) is 0 Å². The Morgan fingerprint density at radius 1 is 0.929 bits per heavy atom. The Bertz CT molecular complexity index is 333.